The van der Waals surface area contributed by atoms with Gasteiger partial charge in [-0.15, -0.1) is 9.10 Å². The summed E-state index contributed by atoms with van der Waals surface area (Å²) in [5.41, 5.74) is 0. The summed E-state index contributed by atoms with van der Waals surface area (Å²) in [6.07, 6.45) is 11.6. The molecule has 1 heteroatoms. The zero-order valence-corrected chi connectivity index (χ0v) is 14.3. The van der Waals surface area contributed by atoms with Gasteiger partial charge in [0, 0.05) is 0 Å². The van der Waals surface area contributed by atoms with Crippen LogP contribution in [0.15, 0.2) is 0 Å². The van der Waals surface area contributed by atoms with Gasteiger partial charge in [0.25, 0.3) is 0 Å². The van der Waals surface area contributed by atoms with E-state index in [-0.39, 0.29) is 20.4 Å². The first-order valence-electron chi connectivity index (χ1n) is 8.20. The molecule has 0 rings (SSSR count). The molecule has 0 aromatic heterocycles. The Bertz CT molecular complexity index is 128. The van der Waals surface area contributed by atoms with Crippen LogP contribution in [0.1, 0.15) is 79.1 Å². The van der Waals surface area contributed by atoms with Crippen molar-refractivity contribution in [3.63, 3.8) is 0 Å². The van der Waals surface area contributed by atoms with E-state index in [4.69, 9.17) is 0 Å². The predicted molar refractivity (Wildman–Crippen MR) is 82.0 cm³/mol. The van der Waals surface area contributed by atoms with Gasteiger partial charge >= 0.3 is 20.4 Å². The van der Waals surface area contributed by atoms with Crippen LogP contribution < -0.4 is 0 Å². The van der Waals surface area contributed by atoms with Gasteiger partial charge in [-0.25, -0.2) is 0 Å². The van der Waals surface area contributed by atoms with Gasteiger partial charge in [0.15, 0.2) is 0 Å². The van der Waals surface area contributed by atoms with Crippen LogP contribution in [0.2, 0.25) is 9.10 Å². The molecule has 0 bridgehead atoms. The Morgan fingerprint density at radius 1 is 0.706 bits per heavy atom. The lowest BCUT2D eigenvalue weighted by Crippen LogP contribution is -2.00. The molecule has 0 nitrogen and oxygen atoms in total. The second-order valence-corrected chi connectivity index (χ2v) is 8.25. The van der Waals surface area contributed by atoms with E-state index in [9.17, 15) is 0 Å². The Labute approximate surface area is 120 Å². The van der Waals surface area contributed by atoms with Crippen molar-refractivity contribution in [2.45, 2.75) is 88.2 Å². The third-order valence-electron chi connectivity index (χ3n) is 3.99. The molecule has 0 fully saturated rings. The highest BCUT2D eigenvalue weighted by Crippen LogP contribution is 2.17. The summed E-state index contributed by atoms with van der Waals surface area (Å²) in [7, 11) is 0. The third-order valence-corrected chi connectivity index (χ3v) is 5.81. The topological polar surface area (TPSA) is 0 Å². The Kier molecular flexibility index (Phi) is 13.8. The van der Waals surface area contributed by atoms with E-state index in [1.807, 2.05) is 0 Å². The Morgan fingerprint density at radius 3 is 1.47 bits per heavy atom. The van der Waals surface area contributed by atoms with Crippen LogP contribution in [0.5, 0.6) is 0 Å². The van der Waals surface area contributed by atoms with Crippen molar-refractivity contribution in [2.75, 3.05) is 0 Å². The van der Waals surface area contributed by atoms with Crippen LogP contribution in [0.3, 0.4) is 0 Å². The van der Waals surface area contributed by atoms with Crippen molar-refractivity contribution in [3.05, 3.63) is 0 Å². The molecule has 0 saturated carbocycles. The van der Waals surface area contributed by atoms with Gasteiger partial charge in [0.2, 0.25) is 0 Å². The monoisotopic (exact) mass is 250 g/mol. The summed E-state index contributed by atoms with van der Waals surface area (Å²) in [6.45, 7) is 9.51. The standard InChI is InChI=1S/2C8H17.Mg/c2*1-4-6-7-8(3)5-2;/h2*8H,2,4-7H2,1,3H3;. The normalized spacial score (nSPS) is 14.4. The van der Waals surface area contributed by atoms with Crippen LogP contribution in [-0.2, 0) is 0 Å². The SMILES string of the molecule is CCCCC(C)C[CH2][Mg][CH2]CC(C)CCCC. The molecule has 0 amide bonds. The van der Waals surface area contributed by atoms with Crippen LogP contribution in [0, 0.1) is 11.8 Å². The second-order valence-electron chi connectivity index (χ2n) is 6.13. The van der Waals surface area contributed by atoms with Gasteiger partial charge in [-0.3, -0.25) is 0 Å². The van der Waals surface area contributed by atoms with Crippen LogP contribution in [0.25, 0.3) is 0 Å². The van der Waals surface area contributed by atoms with E-state index >= 15 is 0 Å². The maximum Gasteiger partial charge on any atom is 0.364 e. The van der Waals surface area contributed by atoms with E-state index in [0.29, 0.717) is 0 Å². The molecule has 0 N–H and O–H groups in total. The largest absolute Gasteiger partial charge is 0.364 e. The van der Waals surface area contributed by atoms with Crippen LogP contribution >= 0.6 is 0 Å². The van der Waals surface area contributed by atoms with Gasteiger partial charge in [-0.2, -0.15) is 0 Å². The molecule has 100 valence electrons. The van der Waals surface area contributed by atoms with E-state index in [0.717, 1.165) is 11.8 Å². The van der Waals surface area contributed by atoms with Crippen LogP contribution in [-0.4, -0.2) is 20.4 Å². The highest BCUT2D eigenvalue weighted by atomic mass is 24.5. The first-order valence-corrected chi connectivity index (χ1v) is 10.2. The summed E-state index contributed by atoms with van der Waals surface area (Å²) in [6, 6.07) is 0. The van der Waals surface area contributed by atoms with Crippen molar-refractivity contribution >= 4 is 20.4 Å². The van der Waals surface area contributed by atoms with Gasteiger partial charge in [0.1, 0.15) is 0 Å². The predicted octanol–water partition coefficient (Wildman–Crippen LogP) is 5.96. The lowest BCUT2D eigenvalue weighted by Gasteiger charge is -2.11. The molecular weight excluding hydrogens is 216 g/mol. The Hall–Kier alpha value is 0.766. The average Bonchev–Trinajstić information content (AvgIpc) is 2.33. The van der Waals surface area contributed by atoms with E-state index in [1.165, 1.54) is 51.4 Å². The molecular formula is C16H34Mg. The Morgan fingerprint density at radius 2 is 1.12 bits per heavy atom. The van der Waals surface area contributed by atoms with Crippen molar-refractivity contribution < 1.29 is 0 Å². The molecule has 0 radical (unpaired) electrons. The van der Waals surface area contributed by atoms with Gasteiger partial charge in [0.05, 0.1) is 0 Å². The molecule has 0 spiro atoms. The molecule has 17 heavy (non-hydrogen) atoms. The number of rotatable bonds is 12. The van der Waals surface area contributed by atoms with Crippen LogP contribution in [0.4, 0.5) is 0 Å². The quantitative estimate of drug-likeness (QED) is 0.296. The molecule has 0 aliphatic heterocycles. The highest BCUT2D eigenvalue weighted by molar-refractivity contribution is 6.35. The fourth-order valence-electron chi connectivity index (χ4n) is 2.56. The first kappa shape index (κ1) is 17.8. The molecule has 2 atom stereocenters. The van der Waals surface area contributed by atoms with Gasteiger partial charge in [-0.1, -0.05) is 79.1 Å². The third kappa shape index (κ3) is 13.0. The first-order chi connectivity index (χ1) is 8.20. The van der Waals surface area contributed by atoms with Crippen molar-refractivity contribution in [2.24, 2.45) is 11.8 Å². The fraction of sp³-hybridized carbons (Fsp3) is 1.00. The number of hydrogen-bond acceptors (Lipinski definition) is 0. The number of unbranched alkanes of at least 4 members (excludes halogenated alkanes) is 2. The van der Waals surface area contributed by atoms with E-state index < -0.39 is 0 Å². The summed E-state index contributed by atoms with van der Waals surface area (Å²) in [5.74, 6) is 2.00. The maximum absolute atomic E-state index is 2.45. The summed E-state index contributed by atoms with van der Waals surface area (Å²) >= 11 is 0.279. The number of hydrogen-bond donors (Lipinski definition) is 0. The van der Waals surface area contributed by atoms with Crippen molar-refractivity contribution in [1.82, 2.24) is 0 Å². The second kappa shape index (κ2) is 13.2. The lowest BCUT2D eigenvalue weighted by atomic mass is 10.0. The molecule has 0 heterocycles. The van der Waals surface area contributed by atoms with Gasteiger partial charge < -0.3 is 0 Å². The van der Waals surface area contributed by atoms with Gasteiger partial charge in [-0.05, 0) is 11.8 Å². The molecule has 0 aliphatic carbocycles. The zero-order chi connectivity index (χ0) is 12.9. The minimum Gasteiger partial charge on any atom is -0.146 e. The smallest absolute Gasteiger partial charge is 0.146 e. The summed E-state index contributed by atoms with van der Waals surface area (Å²) < 4.78 is 3.21. The Balaban J connectivity index is 3.22. The average molecular weight is 251 g/mol. The molecule has 0 aromatic rings. The molecule has 0 aromatic carbocycles. The maximum atomic E-state index is 2.45. The molecule has 2 unspecified atom stereocenters. The van der Waals surface area contributed by atoms with Crippen molar-refractivity contribution in [3.8, 4) is 0 Å². The fourth-order valence-corrected chi connectivity index (χ4v) is 4.88. The highest BCUT2D eigenvalue weighted by Gasteiger charge is 2.05. The summed E-state index contributed by atoms with van der Waals surface area (Å²) in [5, 5.41) is 0. The molecule has 0 saturated heterocycles. The van der Waals surface area contributed by atoms with E-state index in [1.54, 1.807) is 9.10 Å². The lowest BCUT2D eigenvalue weighted by molar-refractivity contribution is 0.484. The zero-order valence-electron chi connectivity index (χ0n) is 12.9. The van der Waals surface area contributed by atoms with E-state index in [2.05, 4.69) is 27.7 Å². The van der Waals surface area contributed by atoms with Crippen molar-refractivity contribution in [1.29, 1.82) is 0 Å². The molecule has 0 aliphatic rings. The minimum absolute atomic E-state index is 0.279. The summed E-state index contributed by atoms with van der Waals surface area (Å²) in [4.78, 5) is 0. The minimum atomic E-state index is 0.279.